The molecular weight excluding hydrogens is 272 g/mol. The number of rotatable bonds is 5. The second kappa shape index (κ2) is 6.67. The lowest BCUT2D eigenvalue weighted by atomic mass is 10.0. The SMILES string of the molecule is CCN(C(=O)Cc1ncccc1C)C1COCC1C(=O)O. The summed E-state index contributed by atoms with van der Waals surface area (Å²) < 4.78 is 5.25. The molecule has 1 aliphatic heterocycles. The third-order valence-electron chi connectivity index (χ3n) is 3.87. The molecule has 2 unspecified atom stereocenters. The highest BCUT2D eigenvalue weighted by Crippen LogP contribution is 2.21. The number of nitrogens with zero attached hydrogens (tertiary/aromatic N) is 2. The van der Waals surface area contributed by atoms with Crippen molar-refractivity contribution in [3.05, 3.63) is 29.6 Å². The van der Waals surface area contributed by atoms with Gasteiger partial charge in [-0.2, -0.15) is 0 Å². The standard InChI is InChI=1S/C15H20N2O4/c1-3-17(13-9-21-8-11(13)15(19)20)14(18)7-12-10(2)5-4-6-16-12/h4-6,11,13H,3,7-9H2,1-2H3,(H,19,20). The zero-order valence-electron chi connectivity index (χ0n) is 12.3. The first-order valence-corrected chi connectivity index (χ1v) is 7.05. The summed E-state index contributed by atoms with van der Waals surface area (Å²) in [5, 5.41) is 9.21. The quantitative estimate of drug-likeness (QED) is 0.871. The number of aliphatic carboxylic acids is 1. The second-order valence-electron chi connectivity index (χ2n) is 5.17. The molecule has 0 radical (unpaired) electrons. The van der Waals surface area contributed by atoms with Crippen LogP contribution in [0.5, 0.6) is 0 Å². The fraction of sp³-hybridized carbons (Fsp3) is 0.533. The van der Waals surface area contributed by atoms with E-state index in [-0.39, 0.29) is 25.5 Å². The minimum atomic E-state index is -0.919. The molecule has 2 atom stereocenters. The van der Waals surface area contributed by atoms with E-state index < -0.39 is 17.9 Å². The maximum atomic E-state index is 12.5. The summed E-state index contributed by atoms with van der Waals surface area (Å²) in [4.78, 5) is 29.5. The smallest absolute Gasteiger partial charge is 0.311 e. The van der Waals surface area contributed by atoms with Crippen molar-refractivity contribution in [2.75, 3.05) is 19.8 Å². The number of pyridine rings is 1. The summed E-state index contributed by atoms with van der Waals surface area (Å²) in [7, 11) is 0. The van der Waals surface area contributed by atoms with Crippen LogP contribution < -0.4 is 0 Å². The summed E-state index contributed by atoms with van der Waals surface area (Å²) in [5.41, 5.74) is 1.69. The van der Waals surface area contributed by atoms with E-state index in [1.54, 1.807) is 11.1 Å². The first kappa shape index (κ1) is 15.4. The number of likely N-dealkylation sites (N-methyl/N-ethyl adjacent to an activating group) is 1. The lowest BCUT2D eigenvalue weighted by Gasteiger charge is -2.29. The van der Waals surface area contributed by atoms with E-state index >= 15 is 0 Å². The maximum absolute atomic E-state index is 12.5. The van der Waals surface area contributed by atoms with E-state index in [0.717, 1.165) is 11.3 Å². The summed E-state index contributed by atoms with van der Waals surface area (Å²) in [6, 6.07) is 3.33. The van der Waals surface area contributed by atoms with Gasteiger partial charge in [0.05, 0.1) is 31.4 Å². The highest BCUT2D eigenvalue weighted by Gasteiger charge is 2.39. The number of aromatic nitrogens is 1. The van der Waals surface area contributed by atoms with Crippen LogP contribution in [0.4, 0.5) is 0 Å². The molecule has 0 aliphatic carbocycles. The first-order valence-electron chi connectivity index (χ1n) is 7.05. The number of carboxylic acid groups (broad SMARTS) is 1. The van der Waals surface area contributed by atoms with Crippen LogP contribution in [0.25, 0.3) is 0 Å². The molecule has 6 nitrogen and oxygen atoms in total. The molecule has 1 aromatic rings. The van der Waals surface area contributed by atoms with Gasteiger partial charge in [-0.15, -0.1) is 0 Å². The van der Waals surface area contributed by atoms with Gasteiger partial charge in [0, 0.05) is 12.7 Å². The predicted octanol–water partition coefficient (Wildman–Crippen LogP) is 0.881. The van der Waals surface area contributed by atoms with Gasteiger partial charge in [-0.05, 0) is 25.5 Å². The van der Waals surface area contributed by atoms with Crippen LogP contribution in [0.3, 0.4) is 0 Å². The van der Waals surface area contributed by atoms with Gasteiger partial charge in [0.1, 0.15) is 5.92 Å². The van der Waals surface area contributed by atoms with Crippen molar-refractivity contribution >= 4 is 11.9 Å². The van der Waals surface area contributed by atoms with Crippen LogP contribution in [0, 0.1) is 12.8 Å². The van der Waals surface area contributed by atoms with Gasteiger partial charge < -0.3 is 14.7 Å². The topological polar surface area (TPSA) is 79.7 Å². The number of aryl methyl sites for hydroxylation is 1. The average Bonchev–Trinajstić information content (AvgIpc) is 2.91. The Kier molecular flexibility index (Phi) is 4.90. The number of hydrogen-bond donors (Lipinski definition) is 1. The molecule has 1 amide bonds. The fourth-order valence-corrected chi connectivity index (χ4v) is 2.63. The van der Waals surface area contributed by atoms with E-state index in [2.05, 4.69) is 4.98 Å². The monoisotopic (exact) mass is 292 g/mol. The Morgan fingerprint density at radius 3 is 2.86 bits per heavy atom. The molecule has 0 bridgehead atoms. The number of hydrogen-bond acceptors (Lipinski definition) is 4. The van der Waals surface area contributed by atoms with E-state index in [0.29, 0.717) is 6.54 Å². The second-order valence-corrected chi connectivity index (χ2v) is 5.17. The van der Waals surface area contributed by atoms with Crippen LogP contribution in [-0.2, 0) is 20.7 Å². The van der Waals surface area contributed by atoms with Gasteiger partial charge in [0.25, 0.3) is 0 Å². The third-order valence-corrected chi connectivity index (χ3v) is 3.87. The molecule has 1 N–H and O–H groups in total. The van der Waals surface area contributed by atoms with E-state index in [1.807, 2.05) is 26.0 Å². The van der Waals surface area contributed by atoms with Crippen molar-refractivity contribution in [1.29, 1.82) is 0 Å². The highest BCUT2D eigenvalue weighted by atomic mass is 16.5. The predicted molar refractivity (Wildman–Crippen MR) is 75.8 cm³/mol. The highest BCUT2D eigenvalue weighted by molar-refractivity contribution is 5.80. The molecule has 1 fully saturated rings. The number of amides is 1. The Bertz CT molecular complexity index is 532. The molecular formula is C15H20N2O4. The van der Waals surface area contributed by atoms with Gasteiger partial charge >= 0.3 is 5.97 Å². The molecule has 0 aromatic carbocycles. The third kappa shape index (κ3) is 3.39. The van der Waals surface area contributed by atoms with Crippen molar-refractivity contribution in [1.82, 2.24) is 9.88 Å². The normalized spacial score (nSPS) is 21.2. The molecule has 1 aromatic heterocycles. The summed E-state index contributed by atoms with van der Waals surface area (Å²) >= 11 is 0. The minimum absolute atomic E-state index is 0.110. The number of carbonyl (C=O) groups is 2. The van der Waals surface area contributed by atoms with E-state index in [4.69, 9.17) is 4.74 Å². The van der Waals surface area contributed by atoms with Gasteiger partial charge in [0.2, 0.25) is 5.91 Å². The molecule has 2 rings (SSSR count). The molecule has 21 heavy (non-hydrogen) atoms. The van der Waals surface area contributed by atoms with Gasteiger partial charge in [0.15, 0.2) is 0 Å². The van der Waals surface area contributed by atoms with Crippen LogP contribution in [0.15, 0.2) is 18.3 Å². The molecule has 1 aliphatic rings. The lowest BCUT2D eigenvalue weighted by molar-refractivity contribution is -0.144. The Hall–Kier alpha value is -1.95. The molecule has 1 saturated heterocycles. The van der Waals surface area contributed by atoms with Crippen molar-refractivity contribution in [3.63, 3.8) is 0 Å². The average molecular weight is 292 g/mol. The number of carbonyl (C=O) groups excluding carboxylic acids is 1. The summed E-state index contributed by atoms with van der Waals surface area (Å²) in [6.07, 6.45) is 1.84. The minimum Gasteiger partial charge on any atom is -0.481 e. The van der Waals surface area contributed by atoms with Crippen LogP contribution in [0.2, 0.25) is 0 Å². The van der Waals surface area contributed by atoms with Crippen molar-refractivity contribution in [2.24, 2.45) is 5.92 Å². The molecule has 0 spiro atoms. The Balaban J connectivity index is 2.12. The van der Waals surface area contributed by atoms with Gasteiger partial charge in [-0.3, -0.25) is 14.6 Å². The van der Waals surface area contributed by atoms with Crippen molar-refractivity contribution in [3.8, 4) is 0 Å². The van der Waals surface area contributed by atoms with Crippen molar-refractivity contribution in [2.45, 2.75) is 26.3 Å². The largest absolute Gasteiger partial charge is 0.481 e. The van der Waals surface area contributed by atoms with E-state index in [1.165, 1.54) is 0 Å². The number of carboxylic acids is 1. The molecule has 114 valence electrons. The fourth-order valence-electron chi connectivity index (χ4n) is 2.63. The Morgan fingerprint density at radius 2 is 2.24 bits per heavy atom. The van der Waals surface area contributed by atoms with Crippen LogP contribution in [0.1, 0.15) is 18.2 Å². The van der Waals surface area contributed by atoms with Gasteiger partial charge in [-0.25, -0.2) is 0 Å². The zero-order chi connectivity index (χ0) is 15.4. The van der Waals surface area contributed by atoms with Crippen molar-refractivity contribution < 1.29 is 19.4 Å². The van der Waals surface area contributed by atoms with E-state index in [9.17, 15) is 14.7 Å². The summed E-state index contributed by atoms with van der Waals surface area (Å²) in [6.45, 7) is 4.65. The lowest BCUT2D eigenvalue weighted by Crippen LogP contribution is -2.47. The van der Waals surface area contributed by atoms with Crippen LogP contribution in [-0.4, -0.2) is 52.7 Å². The number of ether oxygens (including phenoxy) is 1. The zero-order valence-corrected chi connectivity index (χ0v) is 12.3. The van der Waals surface area contributed by atoms with Gasteiger partial charge in [-0.1, -0.05) is 6.07 Å². The summed E-state index contributed by atoms with van der Waals surface area (Å²) in [5.74, 6) is -1.68. The maximum Gasteiger partial charge on any atom is 0.311 e. The molecule has 0 saturated carbocycles. The first-order chi connectivity index (χ1) is 10.0. The Labute approximate surface area is 123 Å². The Morgan fingerprint density at radius 1 is 1.48 bits per heavy atom. The van der Waals surface area contributed by atoms with Crippen LogP contribution >= 0.6 is 0 Å². The molecule has 6 heteroatoms. The molecule has 2 heterocycles.